The summed E-state index contributed by atoms with van der Waals surface area (Å²) >= 11 is 0. The van der Waals surface area contributed by atoms with Gasteiger partial charge in [0.2, 0.25) is 0 Å². The third-order valence-electron chi connectivity index (χ3n) is 4.58. The summed E-state index contributed by atoms with van der Waals surface area (Å²) < 4.78 is 0. The van der Waals surface area contributed by atoms with Gasteiger partial charge in [0.1, 0.15) is 6.07 Å². The number of nitriles is 1. The summed E-state index contributed by atoms with van der Waals surface area (Å²) in [5.41, 5.74) is 7.80. The molecule has 2 heteroatoms. The Morgan fingerprint density at radius 1 is 0.654 bits per heavy atom. The lowest BCUT2D eigenvalue weighted by molar-refractivity contribution is 1.37. The van der Waals surface area contributed by atoms with Crippen molar-refractivity contribution < 1.29 is 0 Å². The number of nitrogens with zero attached hydrogens (tertiary/aromatic N) is 1. The number of H-pyrrole nitrogens is 1. The standard InChI is InChI=1S/C24H18N2/c1-17-12-14-20(15-13-17)23-21(16-25)22(18-8-4-2-5-9-18)24(26-23)19-10-6-3-7-11-19/h2-15,26H,1H3. The molecule has 0 radical (unpaired) electrons. The number of aromatic nitrogens is 1. The molecule has 2 nitrogen and oxygen atoms in total. The molecule has 3 aromatic carbocycles. The summed E-state index contributed by atoms with van der Waals surface area (Å²) in [5, 5.41) is 9.97. The van der Waals surface area contributed by atoms with Crippen molar-refractivity contribution in [3.63, 3.8) is 0 Å². The Balaban J connectivity index is 2.02. The molecule has 4 aromatic rings. The van der Waals surface area contributed by atoms with Crippen LogP contribution in [0.25, 0.3) is 33.6 Å². The van der Waals surface area contributed by atoms with Gasteiger partial charge in [-0.05, 0) is 23.6 Å². The topological polar surface area (TPSA) is 39.6 Å². The molecule has 0 atom stereocenters. The molecule has 0 aliphatic rings. The number of hydrogen-bond donors (Lipinski definition) is 1. The number of hydrogen-bond acceptors (Lipinski definition) is 1. The molecule has 0 saturated carbocycles. The van der Waals surface area contributed by atoms with Crippen molar-refractivity contribution >= 4 is 0 Å². The van der Waals surface area contributed by atoms with Crippen molar-refractivity contribution in [3.05, 3.63) is 96.1 Å². The first kappa shape index (κ1) is 15.9. The Bertz CT molecular complexity index is 1070. The van der Waals surface area contributed by atoms with Crippen LogP contribution in [0.1, 0.15) is 11.1 Å². The molecular formula is C24H18N2. The van der Waals surface area contributed by atoms with E-state index in [1.54, 1.807) is 0 Å². The van der Waals surface area contributed by atoms with Gasteiger partial charge in [0.15, 0.2) is 0 Å². The molecule has 0 fully saturated rings. The monoisotopic (exact) mass is 334 g/mol. The Morgan fingerprint density at radius 3 is 1.77 bits per heavy atom. The van der Waals surface area contributed by atoms with E-state index in [4.69, 9.17) is 0 Å². The van der Waals surface area contributed by atoms with Crippen LogP contribution >= 0.6 is 0 Å². The van der Waals surface area contributed by atoms with Crippen molar-refractivity contribution in [2.24, 2.45) is 0 Å². The van der Waals surface area contributed by atoms with Crippen LogP contribution in [0.15, 0.2) is 84.9 Å². The molecule has 0 spiro atoms. The maximum Gasteiger partial charge on any atom is 0.102 e. The lowest BCUT2D eigenvalue weighted by Crippen LogP contribution is -1.84. The zero-order valence-corrected chi connectivity index (χ0v) is 14.5. The van der Waals surface area contributed by atoms with Crippen LogP contribution in [0.4, 0.5) is 0 Å². The van der Waals surface area contributed by atoms with E-state index in [1.165, 1.54) is 5.56 Å². The van der Waals surface area contributed by atoms with Crippen LogP contribution in [-0.2, 0) is 0 Å². The van der Waals surface area contributed by atoms with E-state index in [-0.39, 0.29) is 0 Å². The number of aromatic amines is 1. The van der Waals surface area contributed by atoms with E-state index < -0.39 is 0 Å². The van der Waals surface area contributed by atoms with Crippen LogP contribution in [-0.4, -0.2) is 4.98 Å². The molecule has 1 heterocycles. The molecule has 0 aliphatic heterocycles. The fourth-order valence-electron chi connectivity index (χ4n) is 3.26. The average molecular weight is 334 g/mol. The molecule has 1 aromatic heterocycles. The highest BCUT2D eigenvalue weighted by Crippen LogP contribution is 2.39. The summed E-state index contributed by atoms with van der Waals surface area (Å²) in [7, 11) is 0. The van der Waals surface area contributed by atoms with Gasteiger partial charge in [0, 0.05) is 5.56 Å². The molecule has 0 bridgehead atoms. The molecule has 0 unspecified atom stereocenters. The molecular weight excluding hydrogens is 316 g/mol. The van der Waals surface area contributed by atoms with Crippen LogP contribution < -0.4 is 0 Å². The number of benzene rings is 3. The van der Waals surface area contributed by atoms with Gasteiger partial charge in [-0.15, -0.1) is 0 Å². The van der Waals surface area contributed by atoms with Crippen LogP contribution in [0, 0.1) is 18.3 Å². The minimum atomic E-state index is 0.680. The van der Waals surface area contributed by atoms with Gasteiger partial charge in [-0.3, -0.25) is 0 Å². The summed E-state index contributed by atoms with van der Waals surface area (Å²) in [4.78, 5) is 3.53. The van der Waals surface area contributed by atoms with E-state index in [0.717, 1.165) is 33.6 Å². The summed E-state index contributed by atoms with van der Waals surface area (Å²) in [6.07, 6.45) is 0. The van der Waals surface area contributed by atoms with E-state index >= 15 is 0 Å². The van der Waals surface area contributed by atoms with Gasteiger partial charge in [0.25, 0.3) is 0 Å². The highest BCUT2D eigenvalue weighted by molar-refractivity contribution is 5.92. The van der Waals surface area contributed by atoms with Crippen LogP contribution in [0.2, 0.25) is 0 Å². The third-order valence-corrected chi connectivity index (χ3v) is 4.58. The van der Waals surface area contributed by atoms with Crippen LogP contribution in [0.3, 0.4) is 0 Å². The number of nitrogens with one attached hydrogen (secondary N) is 1. The minimum Gasteiger partial charge on any atom is -0.353 e. The first-order valence-corrected chi connectivity index (χ1v) is 8.62. The summed E-state index contributed by atoms with van der Waals surface area (Å²) in [6.45, 7) is 2.06. The Morgan fingerprint density at radius 2 is 1.19 bits per heavy atom. The highest BCUT2D eigenvalue weighted by atomic mass is 14.7. The highest BCUT2D eigenvalue weighted by Gasteiger charge is 2.20. The van der Waals surface area contributed by atoms with Crippen molar-refractivity contribution in [1.29, 1.82) is 5.26 Å². The maximum absolute atomic E-state index is 9.97. The third kappa shape index (κ3) is 2.81. The zero-order valence-electron chi connectivity index (χ0n) is 14.5. The van der Waals surface area contributed by atoms with Gasteiger partial charge in [0.05, 0.1) is 17.0 Å². The predicted octanol–water partition coefficient (Wildman–Crippen LogP) is 6.20. The molecule has 124 valence electrons. The van der Waals surface area contributed by atoms with Crippen molar-refractivity contribution in [2.75, 3.05) is 0 Å². The smallest absolute Gasteiger partial charge is 0.102 e. The zero-order chi connectivity index (χ0) is 17.9. The number of rotatable bonds is 3. The van der Waals surface area contributed by atoms with Gasteiger partial charge in [-0.25, -0.2) is 0 Å². The molecule has 26 heavy (non-hydrogen) atoms. The fraction of sp³-hybridized carbons (Fsp3) is 0.0417. The largest absolute Gasteiger partial charge is 0.353 e. The molecule has 0 amide bonds. The minimum absolute atomic E-state index is 0.680. The van der Waals surface area contributed by atoms with Gasteiger partial charge in [-0.1, -0.05) is 90.5 Å². The van der Waals surface area contributed by atoms with E-state index in [2.05, 4.69) is 66.5 Å². The molecule has 1 N–H and O–H groups in total. The Labute approximate surface area is 153 Å². The first-order valence-electron chi connectivity index (χ1n) is 8.62. The van der Waals surface area contributed by atoms with E-state index in [9.17, 15) is 5.26 Å². The Kier molecular flexibility index (Phi) is 4.13. The van der Waals surface area contributed by atoms with Gasteiger partial charge in [-0.2, -0.15) is 5.26 Å². The van der Waals surface area contributed by atoms with E-state index in [1.807, 2.05) is 36.4 Å². The van der Waals surface area contributed by atoms with Gasteiger partial charge >= 0.3 is 0 Å². The fourth-order valence-corrected chi connectivity index (χ4v) is 3.26. The summed E-state index contributed by atoms with van der Waals surface area (Å²) in [6, 6.07) is 31.0. The molecule has 0 saturated heterocycles. The predicted molar refractivity (Wildman–Crippen MR) is 107 cm³/mol. The van der Waals surface area contributed by atoms with Crippen molar-refractivity contribution in [3.8, 4) is 39.7 Å². The quantitative estimate of drug-likeness (QED) is 0.476. The summed E-state index contributed by atoms with van der Waals surface area (Å²) in [5.74, 6) is 0. The normalized spacial score (nSPS) is 10.5. The maximum atomic E-state index is 9.97. The van der Waals surface area contributed by atoms with Crippen molar-refractivity contribution in [1.82, 2.24) is 4.98 Å². The van der Waals surface area contributed by atoms with Crippen molar-refractivity contribution in [2.45, 2.75) is 6.92 Å². The van der Waals surface area contributed by atoms with E-state index in [0.29, 0.717) is 5.56 Å². The Hall–Kier alpha value is -3.57. The first-order chi connectivity index (χ1) is 12.8. The second-order valence-electron chi connectivity index (χ2n) is 6.33. The lowest BCUT2D eigenvalue weighted by Gasteiger charge is -2.05. The van der Waals surface area contributed by atoms with Crippen LogP contribution in [0.5, 0.6) is 0 Å². The van der Waals surface area contributed by atoms with Gasteiger partial charge < -0.3 is 4.98 Å². The second-order valence-corrected chi connectivity index (χ2v) is 6.33. The number of aryl methyl sites for hydroxylation is 1. The SMILES string of the molecule is Cc1ccc(-c2[nH]c(-c3ccccc3)c(-c3ccccc3)c2C#N)cc1. The second kappa shape index (κ2) is 6.74. The molecule has 0 aliphatic carbocycles. The lowest BCUT2D eigenvalue weighted by atomic mass is 9.96. The average Bonchev–Trinajstić information content (AvgIpc) is 3.09. The molecule has 4 rings (SSSR count).